The molecular formula is C17H24N2O. The highest BCUT2D eigenvalue weighted by Crippen LogP contribution is 2.25. The zero-order valence-electron chi connectivity index (χ0n) is 12.3. The van der Waals surface area contributed by atoms with Gasteiger partial charge >= 0.3 is 0 Å². The van der Waals surface area contributed by atoms with E-state index in [1.807, 2.05) is 6.07 Å². The number of nitrogens with one attached hydrogen (secondary N) is 1. The highest BCUT2D eigenvalue weighted by molar-refractivity contribution is 5.94. The van der Waals surface area contributed by atoms with Crippen LogP contribution < -0.4 is 5.32 Å². The fourth-order valence-electron chi connectivity index (χ4n) is 3.56. The zero-order chi connectivity index (χ0) is 13.9. The summed E-state index contributed by atoms with van der Waals surface area (Å²) in [6.07, 6.45) is 5.95. The summed E-state index contributed by atoms with van der Waals surface area (Å²) in [5.41, 5.74) is 3.55. The fraction of sp³-hybridized carbons (Fsp3) is 0.588. The van der Waals surface area contributed by atoms with Crippen molar-refractivity contribution in [2.45, 2.75) is 51.6 Å². The first-order chi connectivity index (χ1) is 9.79. The molecule has 1 aromatic rings. The van der Waals surface area contributed by atoms with Crippen molar-refractivity contribution in [3.63, 3.8) is 0 Å². The van der Waals surface area contributed by atoms with E-state index in [0.29, 0.717) is 6.04 Å². The van der Waals surface area contributed by atoms with Crippen LogP contribution in [0.3, 0.4) is 0 Å². The first-order valence-corrected chi connectivity index (χ1v) is 7.93. The molecule has 0 spiro atoms. The number of hydrogen-bond donors (Lipinski definition) is 1. The zero-order valence-corrected chi connectivity index (χ0v) is 12.3. The van der Waals surface area contributed by atoms with Crippen LogP contribution in [0.4, 0.5) is 0 Å². The standard InChI is InChI=1S/C17H24N2O/c1-2-19(16-5-3-4-6-16)17(20)14-8-7-13-9-10-18-12-15(13)11-14/h7-8,11,16,18H,2-6,9-10,12H2,1H3. The van der Waals surface area contributed by atoms with Gasteiger partial charge in [-0.05, 0) is 56.0 Å². The van der Waals surface area contributed by atoms with Gasteiger partial charge in [-0.15, -0.1) is 0 Å². The molecule has 3 nitrogen and oxygen atoms in total. The van der Waals surface area contributed by atoms with Crippen LogP contribution in [0.2, 0.25) is 0 Å². The van der Waals surface area contributed by atoms with E-state index in [-0.39, 0.29) is 5.91 Å². The summed E-state index contributed by atoms with van der Waals surface area (Å²) in [7, 11) is 0. The summed E-state index contributed by atoms with van der Waals surface area (Å²) >= 11 is 0. The number of carbonyl (C=O) groups is 1. The van der Waals surface area contributed by atoms with Gasteiger partial charge in [-0.3, -0.25) is 4.79 Å². The maximum Gasteiger partial charge on any atom is 0.254 e. The molecular weight excluding hydrogens is 248 g/mol. The first kappa shape index (κ1) is 13.6. The normalized spacial score (nSPS) is 18.9. The molecule has 0 aromatic heterocycles. The Morgan fingerprint density at radius 3 is 2.85 bits per heavy atom. The fourth-order valence-corrected chi connectivity index (χ4v) is 3.56. The number of hydrogen-bond acceptors (Lipinski definition) is 2. The lowest BCUT2D eigenvalue weighted by Crippen LogP contribution is -2.38. The van der Waals surface area contributed by atoms with Gasteiger partial charge in [-0.25, -0.2) is 0 Å². The predicted octanol–water partition coefficient (Wildman–Crippen LogP) is 2.74. The SMILES string of the molecule is CCN(C(=O)c1ccc2c(c1)CNCC2)C1CCCC1. The molecule has 0 saturated heterocycles. The molecule has 1 heterocycles. The van der Waals surface area contributed by atoms with Crippen LogP contribution in [-0.4, -0.2) is 29.9 Å². The molecule has 3 rings (SSSR count). The van der Waals surface area contributed by atoms with Crippen molar-refractivity contribution in [2.75, 3.05) is 13.1 Å². The number of benzene rings is 1. The number of carbonyl (C=O) groups excluding carboxylic acids is 1. The molecule has 1 N–H and O–H groups in total. The van der Waals surface area contributed by atoms with Crippen molar-refractivity contribution in [2.24, 2.45) is 0 Å². The largest absolute Gasteiger partial charge is 0.336 e. The molecule has 1 saturated carbocycles. The van der Waals surface area contributed by atoms with E-state index >= 15 is 0 Å². The molecule has 1 aromatic carbocycles. The van der Waals surface area contributed by atoms with Gasteiger partial charge in [0, 0.05) is 24.7 Å². The van der Waals surface area contributed by atoms with Crippen LogP contribution in [0.1, 0.15) is 54.1 Å². The highest BCUT2D eigenvalue weighted by atomic mass is 16.2. The average molecular weight is 272 g/mol. The summed E-state index contributed by atoms with van der Waals surface area (Å²) in [6, 6.07) is 6.72. The van der Waals surface area contributed by atoms with Crippen LogP contribution in [0.25, 0.3) is 0 Å². The number of amides is 1. The van der Waals surface area contributed by atoms with Gasteiger partial charge in [-0.2, -0.15) is 0 Å². The molecule has 3 heteroatoms. The van der Waals surface area contributed by atoms with E-state index < -0.39 is 0 Å². The quantitative estimate of drug-likeness (QED) is 0.917. The lowest BCUT2D eigenvalue weighted by molar-refractivity contribution is 0.0693. The van der Waals surface area contributed by atoms with Crippen LogP contribution >= 0.6 is 0 Å². The van der Waals surface area contributed by atoms with Crippen molar-refractivity contribution >= 4 is 5.91 Å². The van der Waals surface area contributed by atoms with E-state index in [9.17, 15) is 4.79 Å². The van der Waals surface area contributed by atoms with Crippen molar-refractivity contribution in [1.29, 1.82) is 0 Å². The smallest absolute Gasteiger partial charge is 0.254 e. The van der Waals surface area contributed by atoms with E-state index in [1.165, 1.54) is 36.8 Å². The second-order valence-electron chi connectivity index (χ2n) is 5.94. The summed E-state index contributed by atoms with van der Waals surface area (Å²) in [6.45, 7) is 4.85. The molecule has 0 radical (unpaired) electrons. The Labute approximate surface area is 121 Å². The molecule has 1 aliphatic heterocycles. The number of rotatable bonds is 3. The van der Waals surface area contributed by atoms with Crippen LogP contribution in [-0.2, 0) is 13.0 Å². The second kappa shape index (κ2) is 5.96. The molecule has 1 aliphatic carbocycles. The van der Waals surface area contributed by atoms with Gasteiger partial charge in [0.25, 0.3) is 5.91 Å². The van der Waals surface area contributed by atoms with Gasteiger partial charge in [0.05, 0.1) is 0 Å². The van der Waals surface area contributed by atoms with Gasteiger partial charge in [0.15, 0.2) is 0 Å². The lowest BCUT2D eigenvalue weighted by atomic mass is 9.98. The van der Waals surface area contributed by atoms with E-state index in [4.69, 9.17) is 0 Å². The molecule has 1 amide bonds. The van der Waals surface area contributed by atoms with Gasteiger partial charge in [0.2, 0.25) is 0 Å². The third-order valence-corrected chi connectivity index (χ3v) is 4.71. The van der Waals surface area contributed by atoms with E-state index in [2.05, 4.69) is 29.3 Å². The summed E-state index contributed by atoms with van der Waals surface area (Å²) in [5, 5.41) is 3.38. The third-order valence-electron chi connectivity index (χ3n) is 4.71. The number of fused-ring (bicyclic) bond motifs is 1. The Morgan fingerprint density at radius 2 is 2.10 bits per heavy atom. The molecule has 0 bridgehead atoms. The van der Waals surface area contributed by atoms with E-state index in [1.54, 1.807) is 0 Å². The van der Waals surface area contributed by atoms with E-state index in [0.717, 1.165) is 31.6 Å². The summed E-state index contributed by atoms with van der Waals surface area (Å²) < 4.78 is 0. The predicted molar refractivity (Wildman–Crippen MR) is 80.8 cm³/mol. The minimum absolute atomic E-state index is 0.216. The Balaban J connectivity index is 1.81. The Kier molecular flexibility index (Phi) is 4.06. The van der Waals surface area contributed by atoms with Crippen molar-refractivity contribution < 1.29 is 4.79 Å². The second-order valence-corrected chi connectivity index (χ2v) is 5.94. The molecule has 0 unspecified atom stereocenters. The number of nitrogens with zero attached hydrogens (tertiary/aromatic N) is 1. The molecule has 0 atom stereocenters. The maximum atomic E-state index is 12.8. The third kappa shape index (κ3) is 2.59. The Bertz CT molecular complexity index is 492. The minimum atomic E-state index is 0.216. The highest BCUT2D eigenvalue weighted by Gasteiger charge is 2.26. The summed E-state index contributed by atoms with van der Waals surface area (Å²) in [5.74, 6) is 0.216. The Morgan fingerprint density at radius 1 is 1.30 bits per heavy atom. The van der Waals surface area contributed by atoms with Crippen LogP contribution in [0.5, 0.6) is 0 Å². The van der Waals surface area contributed by atoms with Gasteiger partial charge < -0.3 is 10.2 Å². The Hall–Kier alpha value is -1.35. The summed E-state index contributed by atoms with van der Waals surface area (Å²) in [4.78, 5) is 14.8. The van der Waals surface area contributed by atoms with Crippen LogP contribution in [0.15, 0.2) is 18.2 Å². The van der Waals surface area contributed by atoms with Crippen molar-refractivity contribution in [1.82, 2.24) is 10.2 Å². The van der Waals surface area contributed by atoms with Crippen LogP contribution in [0, 0.1) is 0 Å². The maximum absolute atomic E-state index is 12.8. The van der Waals surface area contributed by atoms with Crippen molar-refractivity contribution in [3.8, 4) is 0 Å². The molecule has 2 aliphatic rings. The first-order valence-electron chi connectivity index (χ1n) is 7.93. The topological polar surface area (TPSA) is 32.3 Å². The van der Waals surface area contributed by atoms with Gasteiger partial charge in [-0.1, -0.05) is 18.9 Å². The molecule has 1 fully saturated rings. The van der Waals surface area contributed by atoms with Gasteiger partial charge in [0.1, 0.15) is 0 Å². The van der Waals surface area contributed by atoms with Crippen molar-refractivity contribution in [3.05, 3.63) is 34.9 Å². The lowest BCUT2D eigenvalue weighted by Gasteiger charge is -2.28. The monoisotopic (exact) mass is 272 g/mol. The minimum Gasteiger partial charge on any atom is -0.336 e. The molecule has 108 valence electrons. The average Bonchev–Trinajstić information content (AvgIpc) is 3.01. The molecule has 20 heavy (non-hydrogen) atoms.